The normalized spacial score (nSPS) is 12.1. The number of carbonyl (C=O) groups excluding carboxylic acids is 1. The van der Waals surface area contributed by atoms with Crippen LogP contribution in [0.25, 0.3) is 22.0 Å². The number of imidazole rings is 1. The SMILES string of the molecule is Cc1nccn1Cc1cc(C=O)c(CCN(C)Cc2cn(C)c3ccccc23)c(-c2cn(C)nc2C(F)(F)F)c1. The lowest BCUT2D eigenvalue weighted by molar-refractivity contribution is -0.140. The third-order valence-electron chi connectivity index (χ3n) is 7.30. The van der Waals surface area contributed by atoms with Gasteiger partial charge in [-0.25, -0.2) is 4.98 Å². The molecule has 0 spiro atoms. The average molecular weight is 549 g/mol. The first-order valence-corrected chi connectivity index (χ1v) is 13.0. The number of alkyl halides is 3. The van der Waals surface area contributed by atoms with Gasteiger partial charge in [0.1, 0.15) is 12.1 Å². The molecule has 0 saturated carbocycles. The monoisotopic (exact) mass is 548 g/mol. The molecule has 0 bridgehead atoms. The number of benzene rings is 2. The quantitative estimate of drug-likeness (QED) is 0.224. The van der Waals surface area contributed by atoms with Crippen molar-refractivity contribution in [3.8, 4) is 11.1 Å². The van der Waals surface area contributed by atoms with Gasteiger partial charge in [0.2, 0.25) is 0 Å². The standard InChI is InChI=1S/C30H31F3N6O/c1-20-34-10-12-39(20)15-21-13-22(19-40)24(26(14-21)27-18-38(4)35-29(27)30(31,32)33)9-11-36(2)16-23-17-37(3)28-8-6-5-7-25(23)28/h5-8,10,12-14,17-19H,9,11,15-16H2,1-4H3. The van der Waals surface area contributed by atoms with E-state index in [4.69, 9.17) is 0 Å². The Morgan fingerprint density at radius 3 is 2.55 bits per heavy atom. The molecule has 3 aromatic heterocycles. The minimum atomic E-state index is -4.64. The number of likely N-dealkylation sites (N-methyl/N-ethyl adjacent to an activating group) is 1. The van der Waals surface area contributed by atoms with Gasteiger partial charge in [-0.15, -0.1) is 0 Å². The van der Waals surface area contributed by atoms with Gasteiger partial charge in [0.15, 0.2) is 5.69 Å². The molecule has 7 nitrogen and oxygen atoms in total. The molecule has 0 amide bonds. The summed E-state index contributed by atoms with van der Waals surface area (Å²) in [7, 11) is 5.45. The second kappa shape index (κ2) is 10.8. The molecular weight excluding hydrogens is 517 g/mol. The van der Waals surface area contributed by atoms with E-state index in [2.05, 4.69) is 37.9 Å². The number of hydrogen-bond donors (Lipinski definition) is 0. The molecule has 0 aliphatic rings. The second-order valence-corrected chi connectivity index (χ2v) is 10.3. The zero-order valence-electron chi connectivity index (χ0n) is 22.9. The molecule has 0 radical (unpaired) electrons. The molecule has 0 aliphatic carbocycles. The van der Waals surface area contributed by atoms with E-state index >= 15 is 0 Å². The van der Waals surface area contributed by atoms with Crippen LogP contribution in [0.3, 0.4) is 0 Å². The number of fused-ring (bicyclic) bond motifs is 1. The Morgan fingerprint density at radius 2 is 1.85 bits per heavy atom. The highest BCUT2D eigenvalue weighted by molar-refractivity contribution is 5.85. The van der Waals surface area contributed by atoms with Gasteiger partial charge in [0, 0.05) is 80.5 Å². The molecular formula is C30H31F3N6O. The van der Waals surface area contributed by atoms with E-state index in [-0.39, 0.29) is 5.56 Å². The maximum Gasteiger partial charge on any atom is 0.435 e. The van der Waals surface area contributed by atoms with Crippen molar-refractivity contribution >= 4 is 17.2 Å². The lowest BCUT2D eigenvalue weighted by Crippen LogP contribution is -2.21. The number of aryl methyl sites for hydroxylation is 3. The molecule has 2 aromatic carbocycles. The van der Waals surface area contributed by atoms with Crippen LogP contribution in [0.5, 0.6) is 0 Å². The second-order valence-electron chi connectivity index (χ2n) is 10.3. The molecule has 0 fully saturated rings. The largest absolute Gasteiger partial charge is 0.435 e. The molecule has 0 N–H and O–H groups in total. The summed E-state index contributed by atoms with van der Waals surface area (Å²) in [6, 6.07) is 11.7. The van der Waals surface area contributed by atoms with E-state index < -0.39 is 11.9 Å². The van der Waals surface area contributed by atoms with Crippen molar-refractivity contribution in [2.45, 2.75) is 32.6 Å². The van der Waals surface area contributed by atoms with Gasteiger partial charge >= 0.3 is 6.18 Å². The van der Waals surface area contributed by atoms with Crippen LogP contribution in [0.15, 0.2) is 61.2 Å². The van der Waals surface area contributed by atoms with Crippen LogP contribution >= 0.6 is 0 Å². The van der Waals surface area contributed by atoms with Gasteiger partial charge in [-0.05, 0) is 60.8 Å². The van der Waals surface area contributed by atoms with Crippen molar-refractivity contribution in [2.24, 2.45) is 14.1 Å². The molecule has 3 heterocycles. The lowest BCUT2D eigenvalue weighted by Gasteiger charge is -2.20. The van der Waals surface area contributed by atoms with Crippen LogP contribution in [-0.2, 0) is 39.8 Å². The third kappa shape index (κ3) is 5.44. The highest BCUT2D eigenvalue weighted by Crippen LogP contribution is 2.39. The first kappa shape index (κ1) is 27.4. The number of aromatic nitrogens is 5. The van der Waals surface area contributed by atoms with Crippen LogP contribution in [0.4, 0.5) is 13.2 Å². The molecule has 0 saturated heterocycles. The molecule has 40 heavy (non-hydrogen) atoms. The van der Waals surface area contributed by atoms with Crippen molar-refractivity contribution < 1.29 is 18.0 Å². The zero-order chi connectivity index (χ0) is 28.6. The molecule has 5 aromatic rings. The van der Waals surface area contributed by atoms with E-state index in [1.165, 1.54) is 17.9 Å². The molecule has 5 rings (SSSR count). The van der Waals surface area contributed by atoms with Crippen LogP contribution in [0, 0.1) is 6.92 Å². The topological polar surface area (TPSA) is 60.9 Å². The number of aldehydes is 1. The summed E-state index contributed by atoms with van der Waals surface area (Å²) in [6.45, 7) is 3.43. The highest BCUT2D eigenvalue weighted by atomic mass is 19.4. The van der Waals surface area contributed by atoms with Gasteiger partial charge in [0.05, 0.1) is 0 Å². The third-order valence-corrected chi connectivity index (χ3v) is 7.30. The molecule has 0 aliphatic heterocycles. The van der Waals surface area contributed by atoms with E-state index in [1.807, 2.05) is 37.7 Å². The number of nitrogens with zero attached hydrogens (tertiary/aromatic N) is 6. The molecule has 208 valence electrons. The Balaban J connectivity index is 1.51. The maximum absolute atomic E-state index is 14.0. The number of para-hydroxylation sites is 1. The summed E-state index contributed by atoms with van der Waals surface area (Å²) in [5.74, 6) is 0.769. The van der Waals surface area contributed by atoms with Gasteiger partial charge in [-0.3, -0.25) is 9.48 Å². The first-order chi connectivity index (χ1) is 19.0. The average Bonchev–Trinajstić information content (AvgIpc) is 3.60. The highest BCUT2D eigenvalue weighted by Gasteiger charge is 2.38. The van der Waals surface area contributed by atoms with Crippen LogP contribution in [0.2, 0.25) is 0 Å². The number of hydrogen-bond acceptors (Lipinski definition) is 4. The van der Waals surface area contributed by atoms with Gasteiger partial charge in [-0.2, -0.15) is 18.3 Å². The smallest absolute Gasteiger partial charge is 0.350 e. The first-order valence-electron chi connectivity index (χ1n) is 13.0. The Bertz CT molecular complexity index is 1680. The fourth-order valence-corrected chi connectivity index (χ4v) is 5.36. The van der Waals surface area contributed by atoms with Crippen molar-refractivity contribution in [3.05, 3.63) is 95.0 Å². The summed E-state index contributed by atoms with van der Waals surface area (Å²) in [5, 5.41) is 4.89. The Morgan fingerprint density at radius 1 is 1.07 bits per heavy atom. The van der Waals surface area contributed by atoms with Gasteiger partial charge < -0.3 is 14.0 Å². The van der Waals surface area contributed by atoms with Crippen LogP contribution in [0.1, 0.15) is 38.6 Å². The minimum absolute atomic E-state index is 0.0333. The Hall–Kier alpha value is -4.18. The molecule has 0 unspecified atom stereocenters. The Kier molecular flexibility index (Phi) is 7.37. The molecule has 10 heteroatoms. The summed E-state index contributed by atoms with van der Waals surface area (Å²) in [6.07, 6.45) is 3.43. The van der Waals surface area contributed by atoms with Crippen LogP contribution in [-0.4, -0.2) is 48.7 Å². The number of halogens is 3. The van der Waals surface area contributed by atoms with Gasteiger partial charge in [-0.1, -0.05) is 18.2 Å². The summed E-state index contributed by atoms with van der Waals surface area (Å²) < 4.78 is 47.3. The van der Waals surface area contributed by atoms with Gasteiger partial charge in [0.25, 0.3) is 0 Å². The lowest BCUT2D eigenvalue weighted by atomic mass is 9.91. The zero-order valence-corrected chi connectivity index (χ0v) is 22.9. The Labute approximate surface area is 230 Å². The van der Waals surface area contributed by atoms with E-state index in [9.17, 15) is 18.0 Å². The van der Waals surface area contributed by atoms with Crippen molar-refractivity contribution in [2.75, 3.05) is 13.6 Å². The summed E-state index contributed by atoms with van der Waals surface area (Å²) in [4.78, 5) is 18.7. The van der Waals surface area contributed by atoms with Crippen LogP contribution < -0.4 is 0 Å². The predicted molar refractivity (Wildman–Crippen MR) is 148 cm³/mol. The predicted octanol–water partition coefficient (Wildman–Crippen LogP) is 5.64. The number of rotatable bonds is 9. The fraction of sp³-hybridized carbons (Fsp3) is 0.300. The van der Waals surface area contributed by atoms with E-state index in [1.54, 1.807) is 24.5 Å². The van der Waals surface area contributed by atoms with Crippen molar-refractivity contribution in [3.63, 3.8) is 0 Å². The summed E-state index contributed by atoms with van der Waals surface area (Å²) >= 11 is 0. The van der Waals surface area contributed by atoms with Crippen molar-refractivity contribution in [1.29, 1.82) is 0 Å². The number of carbonyl (C=O) groups is 1. The van der Waals surface area contributed by atoms with Crippen molar-refractivity contribution in [1.82, 2.24) is 28.8 Å². The fourth-order valence-electron chi connectivity index (χ4n) is 5.36. The molecule has 0 atom stereocenters. The van der Waals surface area contributed by atoms with E-state index in [0.29, 0.717) is 48.3 Å². The van der Waals surface area contributed by atoms with E-state index in [0.717, 1.165) is 28.6 Å². The maximum atomic E-state index is 14.0. The minimum Gasteiger partial charge on any atom is -0.350 e. The summed E-state index contributed by atoms with van der Waals surface area (Å²) in [5.41, 5.74) is 3.33.